The van der Waals surface area contributed by atoms with E-state index in [2.05, 4.69) is 12.1 Å². The summed E-state index contributed by atoms with van der Waals surface area (Å²) in [5.74, 6) is 1.23. The molecule has 1 saturated heterocycles. The molecule has 0 bridgehead atoms. The number of likely N-dealkylation sites (tertiary alicyclic amines) is 1. The predicted molar refractivity (Wildman–Crippen MR) is 108 cm³/mol. The van der Waals surface area contributed by atoms with Crippen LogP contribution in [0.15, 0.2) is 47.4 Å². The highest BCUT2D eigenvalue weighted by molar-refractivity contribution is 5.76. The van der Waals surface area contributed by atoms with Crippen molar-refractivity contribution in [3.8, 4) is 5.75 Å². The quantitative estimate of drug-likeness (QED) is 0.527. The van der Waals surface area contributed by atoms with Crippen LogP contribution < -0.4 is 10.3 Å². The van der Waals surface area contributed by atoms with Gasteiger partial charge in [-0.1, -0.05) is 12.1 Å². The average Bonchev–Trinajstić information content (AvgIpc) is 2.74. The second-order valence-electron chi connectivity index (χ2n) is 7.32. The van der Waals surface area contributed by atoms with Gasteiger partial charge < -0.3 is 9.64 Å². The van der Waals surface area contributed by atoms with Crippen LogP contribution in [-0.2, 0) is 17.8 Å². The second-order valence-corrected chi connectivity index (χ2v) is 7.32. The molecule has 2 aromatic rings. The van der Waals surface area contributed by atoms with Crippen molar-refractivity contribution in [3.05, 3.63) is 68.6 Å². The van der Waals surface area contributed by atoms with Crippen molar-refractivity contribution in [2.45, 2.75) is 32.2 Å². The van der Waals surface area contributed by atoms with Gasteiger partial charge >= 0.3 is 0 Å². The molecule has 8 heteroatoms. The summed E-state index contributed by atoms with van der Waals surface area (Å²) < 4.78 is 6.28. The van der Waals surface area contributed by atoms with Crippen LogP contribution >= 0.6 is 0 Å². The topological polar surface area (TPSA) is 94.7 Å². The minimum Gasteiger partial charge on any atom is -0.497 e. The van der Waals surface area contributed by atoms with Crippen molar-refractivity contribution in [1.82, 2.24) is 9.47 Å². The van der Waals surface area contributed by atoms with Crippen LogP contribution in [0.2, 0.25) is 0 Å². The lowest BCUT2D eigenvalue weighted by molar-refractivity contribution is -0.385. The number of methoxy groups -OCH3 is 1. The molecule has 0 saturated carbocycles. The molecule has 0 unspecified atom stereocenters. The highest BCUT2D eigenvalue weighted by Gasteiger charge is 2.23. The molecule has 1 aliphatic heterocycles. The summed E-state index contributed by atoms with van der Waals surface area (Å²) in [4.78, 5) is 36.5. The summed E-state index contributed by atoms with van der Waals surface area (Å²) in [6.45, 7) is 1.13. The summed E-state index contributed by atoms with van der Waals surface area (Å²) in [5, 5.41) is 10.9. The lowest BCUT2D eigenvalue weighted by atomic mass is 9.90. The number of nitro groups is 1. The molecule has 0 aliphatic carbocycles. The van der Waals surface area contributed by atoms with E-state index in [0.717, 1.165) is 54.3 Å². The fraction of sp³-hybridized carbons (Fsp3) is 0.429. The normalized spacial score (nSPS) is 14.6. The molecule has 2 heterocycles. The van der Waals surface area contributed by atoms with E-state index in [1.54, 1.807) is 12.0 Å². The van der Waals surface area contributed by atoms with Crippen LogP contribution in [0, 0.1) is 16.0 Å². The zero-order valence-corrected chi connectivity index (χ0v) is 16.5. The highest BCUT2D eigenvalue weighted by atomic mass is 16.6. The van der Waals surface area contributed by atoms with Crippen LogP contribution in [0.25, 0.3) is 0 Å². The predicted octanol–water partition coefficient (Wildman–Crippen LogP) is 2.64. The number of aromatic nitrogens is 1. The number of rotatable bonds is 7. The first-order chi connectivity index (χ1) is 14.0. The third-order valence-electron chi connectivity index (χ3n) is 5.45. The van der Waals surface area contributed by atoms with Crippen molar-refractivity contribution in [1.29, 1.82) is 0 Å². The van der Waals surface area contributed by atoms with Crippen molar-refractivity contribution in [2.24, 2.45) is 5.92 Å². The second kappa shape index (κ2) is 9.36. The Morgan fingerprint density at radius 3 is 2.48 bits per heavy atom. The van der Waals surface area contributed by atoms with Gasteiger partial charge in [0.15, 0.2) is 0 Å². The number of carbonyl (C=O) groups is 1. The Labute approximate surface area is 168 Å². The molecule has 29 heavy (non-hydrogen) atoms. The van der Waals surface area contributed by atoms with Gasteiger partial charge in [-0.25, -0.2) is 0 Å². The van der Waals surface area contributed by atoms with Crippen molar-refractivity contribution < 1.29 is 14.5 Å². The molecule has 154 valence electrons. The molecule has 1 aliphatic rings. The van der Waals surface area contributed by atoms with E-state index in [9.17, 15) is 19.7 Å². The van der Waals surface area contributed by atoms with Gasteiger partial charge in [0.1, 0.15) is 12.3 Å². The van der Waals surface area contributed by atoms with Gasteiger partial charge in [0, 0.05) is 25.2 Å². The van der Waals surface area contributed by atoms with Crippen LogP contribution in [-0.4, -0.2) is 40.5 Å². The monoisotopic (exact) mass is 399 g/mol. The maximum atomic E-state index is 12.5. The lowest BCUT2D eigenvalue weighted by Crippen LogP contribution is -2.41. The summed E-state index contributed by atoms with van der Waals surface area (Å²) in [7, 11) is 1.65. The minimum atomic E-state index is -0.575. The Morgan fingerprint density at radius 1 is 1.17 bits per heavy atom. The third kappa shape index (κ3) is 5.43. The first-order valence-corrected chi connectivity index (χ1v) is 9.72. The highest BCUT2D eigenvalue weighted by Crippen LogP contribution is 2.23. The number of hydrogen-bond acceptors (Lipinski definition) is 5. The van der Waals surface area contributed by atoms with Crippen LogP contribution in [0.1, 0.15) is 24.8 Å². The Morgan fingerprint density at radius 2 is 1.86 bits per heavy atom. The van der Waals surface area contributed by atoms with Crippen LogP contribution in [0.3, 0.4) is 0 Å². The summed E-state index contributed by atoms with van der Waals surface area (Å²) in [5.41, 5.74) is 0.655. The molecule has 8 nitrogen and oxygen atoms in total. The summed E-state index contributed by atoms with van der Waals surface area (Å²) in [6, 6.07) is 10.4. The van der Waals surface area contributed by atoms with E-state index in [1.165, 1.54) is 5.56 Å². The Bertz CT molecular complexity index is 915. The number of amides is 1. The molecule has 1 amide bonds. The zero-order valence-electron chi connectivity index (χ0n) is 16.5. The van der Waals surface area contributed by atoms with E-state index in [0.29, 0.717) is 19.0 Å². The van der Waals surface area contributed by atoms with E-state index >= 15 is 0 Å². The standard InChI is InChI=1S/C21H25N3O5/c1-29-19-7-4-16(5-8-19)2-3-17-10-12-22(13-11-17)21(26)15-23-14-18(24(27)28)6-9-20(23)25/h4-9,14,17H,2-3,10-13,15H2,1H3. The summed E-state index contributed by atoms with van der Waals surface area (Å²) >= 11 is 0. The van der Waals surface area contributed by atoms with Crippen molar-refractivity contribution in [2.75, 3.05) is 20.2 Å². The number of ether oxygens (including phenoxy) is 1. The molecule has 0 atom stereocenters. The third-order valence-corrected chi connectivity index (χ3v) is 5.45. The summed E-state index contributed by atoms with van der Waals surface area (Å²) in [6.07, 6.45) is 5.03. The molecular weight excluding hydrogens is 374 g/mol. The molecule has 0 spiro atoms. The number of pyridine rings is 1. The molecule has 0 radical (unpaired) electrons. The molecule has 0 N–H and O–H groups in total. The maximum absolute atomic E-state index is 12.5. The number of carbonyl (C=O) groups excluding carboxylic acids is 1. The van der Waals surface area contributed by atoms with Gasteiger partial charge in [0.25, 0.3) is 11.2 Å². The minimum absolute atomic E-state index is 0.170. The molecule has 3 rings (SSSR count). The van der Waals surface area contributed by atoms with Gasteiger partial charge in [0.2, 0.25) is 5.91 Å². The Hall–Kier alpha value is -3.16. The largest absolute Gasteiger partial charge is 0.497 e. The molecular formula is C21H25N3O5. The fourth-order valence-electron chi connectivity index (χ4n) is 3.63. The number of piperidine rings is 1. The zero-order chi connectivity index (χ0) is 20.8. The van der Waals surface area contributed by atoms with E-state index < -0.39 is 10.5 Å². The molecule has 1 fully saturated rings. The van der Waals surface area contributed by atoms with Gasteiger partial charge in [0.05, 0.1) is 18.2 Å². The SMILES string of the molecule is COc1ccc(CCC2CCN(C(=O)Cn3cc([N+](=O)[O-])ccc3=O)CC2)cc1. The van der Waals surface area contributed by atoms with Crippen molar-refractivity contribution >= 4 is 11.6 Å². The number of hydrogen-bond donors (Lipinski definition) is 0. The average molecular weight is 399 g/mol. The van der Waals surface area contributed by atoms with Gasteiger partial charge in [-0.2, -0.15) is 0 Å². The van der Waals surface area contributed by atoms with Gasteiger partial charge in [-0.3, -0.25) is 24.3 Å². The smallest absolute Gasteiger partial charge is 0.285 e. The first kappa shape index (κ1) is 20.6. The number of nitrogens with zero attached hydrogens (tertiary/aromatic N) is 3. The lowest BCUT2D eigenvalue weighted by Gasteiger charge is -2.32. The van der Waals surface area contributed by atoms with Crippen molar-refractivity contribution in [3.63, 3.8) is 0 Å². The first-order valence-electron chi connectivity index (χ1n) is 9.72. The van der Waals surface area contributed by atoms with Crippen LogP contribution in [0.4, 0.5) is 5.69 Å². The van der Waals surface area contributed by atoms with E-state index in [4.69, 9.17) is 4.74 Å². The fourth-order valence-corrected chi connectivity index (χ4v) is 3.63. The van der Waals surface area contributed by atoms with Crippen LogP contribution in [0.5, 0.6) is 5.75 Å². The molecule has 1 aromatic carbocycles. The Kier molecular flexibility index (Phi) is 6.64. The van der Waals surface area contributed by atoms with E-state index in [-0.39, 0.29) is 18.1 Å². The number of benzene rings is 1. The molecule has 1 aromatic heterocycles. The van der Waals surface area contributed by atoms with Gasteiger partial charge in [-0.05, 0) is 49.3 Å². The number of aryl methyl sites for hydroxylation is 1. The Balaban J connectivity index is 1.48. The van der Waals surface area contributed by atoms with Gasteiger partial charge in [-0.15, -0.1) is 0 Å². The maximum Gasteiger partial charge on any atom is 0.285 e. The van der Waals surface area contributed by atoms with E-state index in [1.807, 2.05) is 12.1 Å².